The van der Waals surface area contributed by atoms with Gasteiger partial charge in [0.1, 0.15) is 24.3 Å². The molecule has 2 aromatic rings. The molecule has 0 spiro atoms. The highest BCUT2D eigenvalue weighted by Crippen LogP contribution is 2.15. The van der Waals surface area contributed by atoms with E-state index in [2.05, 4.69) is 9.97 Å². The number of pyridine rings is 1. The Morgan fingerprint density at radius 2 is 2.11 bits per heavy atom. The Morgan fingerprint density at radius 3 is 2.72 bits per heavy atom. The Morgan fingerprint density at radius 1 is 1.33 bits per heavy atom. The molecule has 0 aliphatic carbocycles. The first-order chi connectivity index (χ1) is 8.67. The lowest BCUT2D eigenvalue weighted by Crippen LogP contribution is -2.07. The molecule has 1 unspecified atom stereocenters. The summed E-state index contributed by atoms with van der Waals surface area (Å²) in [7, 11) is 0. The zero-order chi connectivity index (χ0) is 13.1. The van der Waals surface area contributed by atoms with Crippen molar-refractivity contribution in [3.8, 4) is 18.0 Å². The maximum atomic E-state index is 9.04. The van der Waals surface area contributed by atoms with Gasteiger partial charge in [0.2, 0.25) is 0 Å². The molecule has 0 saturated heterocycles. The van der Waals surface area contributed by atoms with E-state index in [1.807, 2.05) is 25.1 Å². The molecule has 2 rings (SSSR count). The first-order valence-electron chi connectivity index (χ1n) is 5.26. The van der Waals surface area contributed by atoms with E-state index in [9.17, 15) is 0 Å². The first-order valence-corrected chi connectivity index (χ1v) is 5.26. The van der Waals surface area contributed by atoms with Crippen LogP contribution in [-0.2, 0) is 0 Å². The Bertz CT molecular complexity index is 656. The van der Waals surface area contributed by atoms with Crippen LogP contribution in [0.5, 0.6) is 0 Å². The van der Waals surface area contributed by atoms with Gasteiger partial charge in [0, 0.05) is 12.2 Å². The molecule has 0 aliphatic heterocycles. The molecule has 6 nitrogen and oxygen atoms in total. The van der Waals surface area contributed by atoms with Crippen LogP contribution in [0, 0.1) is 22.7 Å². The quantitative estimate of drug-likeness (QED) is 0.841. The van der Waals surface area contributed by atoms with Crippen molar-refractivity contribution in [1.82, 2.24) is 14.5 Å². The van der Waals surface area contributed by atoms with E-state index in [-0.39, 0.29) is 17.4 Å². The number of nitrogens with two attached hydrogens (primary N) is 1. The fraction of sp³-hybridized carbons (Fsp3) is 0.167. The van der Waals surface area contributed by atoms with Crippen molar-refractivity contribution >= 4 is 0 Å². The molecule has 0 fully saturated rings. The molecule has 0 amide bonds. The second-order valence-corrected chi connectivity index (χ2v) is 3.77. The Kier molecular flexibility index (Phi) is 3.05. The van der Waals surface area contributed by atoms with Gasteiger partial charge in [-0.05, 0) is 24.6 Å². The van der Waals surface area contributed by atoms with Crippen molar-refractivity contribution in [1.29, 1.82) is 10.5 Å². The molecule has 0 saturated carbocycles. The Hall–Kier alpha value is -2.70. The summed E-state index contributed by atoms with van der Waals surface area (Å²) in [6.45, 7) is 1.86. The predicted molar refractivity (Wildman–Crippen MR) is 63.4 cm³/mol. The largest absolute Gasteiger partial charge is 0.324 e. The summed E-state index contributed by atoms with van der Waals surface area (Å²) in [6, 6.07) is 7.27. The maximum absolute atomic E-state index is 9.04. The van der Waals surface area contributed by atoms with Crippen LogP contribution in [0.3, 0.4) is 0 Å². The highest BCUT2D eigenvalue weighted by Gasteiger charge is 2.12. The molecular weight excluding hydrogens is 228 g/mol. The first kappa shape index (κ1) is 11.8. The van der Waals surface area contributed by atoms with Crippen LogP contribution in [0.15, 0.2) is 24.7 Å². The monoisotopic (exact) mass is 238 g/mol. The molecule has 0 radical (unpaired) electrons. The molecule has 2 heterocycles. The van der Waals surface area contributed by atoms with Gasteiger partial charge in [0.15, 0.2) is 11.4 Å². The number of imidazole rings is 1. The predicted octanol–water partition coefficient (Wildman–Crippen LogP) is 1.03. The minimum absolute atomic E-state index is 0.0884. The minimum Gasteiger partial charge on any atom is -0.324 e. The van der Waals surface area contributed by atoms with Gasteiger partial charge in [-0.1, -0.05) is 0 Å². The lowest BCUT2D eigenvalue weighted by atomic mass is 10.1. The molecular formula is C12H10N6. The fourth-order valence-electron chi connectivity index (χ4n) is 1.56. The summed E-state index contributed by atoms with van der Waals surface area (Å²) < 4.78 is 1.48. The third kappa shape index (κ3) is 1.93. The van der Waals surface area contributed by atoms with E-state index in [4.69, 9.17) is 16.3 Å². The average Bonchev–Trinajstić information content (AvgIpc) is 2.81. The van der Waals surface area contributed by atoms with Crippen LogP contribution in [0.2, 0.25) is 0 Å². The van der Waals surface area contributed by atoms with Crippen LogP contribution >= 0.6 is 0 Å². The number of nitriles is 2. The summed E-state index contributed by atoms with van der Waals surface area (Å²) in [5.74, 6) is 0.523. The van der Waals surface area contributed by atoms with E-state index < -0.39 is 0 Å². The molecule has 0 bridgehead atoms. The smallest absolute Gasteiger partial charge is 0.177 e. The number of hydrogen-bond donors (Lipinski definition) is 1. The van der Waals surface area contributed by atoms with Crippen molar-refractivity contribution in [2.75, 3.05) is 0 Å². The molecule has 0 aliphatic rings. The van der Waals surface area contributed by atoms with Gasteiger partial charge < -0.3 is 5.73 Å². The molecule has 1 atom stereocenters. The van der Waals surface area contributed by atoms with Crippen molar-refractivity contribution in [2.24, 2.45) is 5.73 Å². The van der Waals surface area contributed by atoms with Crippen LogP contribution in [0.4, 0.5) is 0 Å². The van der Waals surface area contributed by atoms with Crippen LogP contribution < -0.4 is 5.73 Å². The van der Waals surface area contributed by atoms with Gasteiger partial charge in [0.05, 0.1) is 0 Å². The van der Waals surface area contributed by atoms with Crippen LogP contribution in [0.1, 0.15) is 29.9 Å². The second-order valence-electron chi connectivity index (χ2n) is 3.77. The molecule has 18 heavy (non-hydrogen) atoms. The van der Waals surface area contributed by atoms with Gasteiger partial charge in [0.25, 0.3) is 0 Å². The zero-order valence-corrected chi connectivity index (χ0v) is 9.70. The molecule has 2 aromatic heterocycles. The van der Waals surface area contributed by atoms with E-state index in [0.717, 1.165) is 5.56 Å². The highest BCUT2D eigenvalue weighted by atomic mass is 15.1. The summed E-state index contributed by atoms with van der Waals surface area (Å²) in [5, 5.41) is 17.9. The maximum Gasteiger partial charge on any atom is 0.177 e. The number of aromatic nitrogens is 3. The third-order valence-corrected chi connectivity index (χ3v) is 2.52. The molecule has 2 N–H and O–H groups in total. The van der Waals surface area contributed by atoms with Crippen molar-refractivity contribution in [2.45, 2.75) is 13.0 Å². The lowest BCUT2D eigenvalue weighted by Gasteiger charge is -2.08. The molecule has 6 heteroatoms. The van der Waals surface area contributed by atoms with Crippen molar-refractivity contribution in [3.63, 3.8) is 0 Å². The van der Waals surface area contributed by atoms with Crippen molar-refractivity contribution < 1.29 is 0 Å². The van der Waals surface area contributed by atoms with Gasteiger partial charge in [-0.3, -0.25) is 4.57 Å². The van der Waals surface area contributed by atoms with E-state index in [1.165, 1.54) is 10.9 Å². The minimum atomic E-state index is -0.128. The lowest BCUT2D eigenvalue weighted by molar-refractivity contribution is 0.810. The average molecular weight is 238 g/mol. The van der Waals surface area contributed by atoms with E-state index in [1.54, 1.807) is 12.3 Å². The molecule has 0 aromatic carbocycles. The summed E-state index contributed by atoms with van der Waals surface area (Å²) in [6.07, 6.45) is 3.02. The SMILES string of the molecule is CC(N)c1ccnc(-n2cnc(C#N)c2C#N)c1. The molecule has 88 valence electrons. The summed E-state index contributed by atoms with van der Waals surface area (Å²) in [4.78, 5) is 8.02. The third-order valence-electron chi connectivity index (χ3n) is 2.52. The number of rotatable bonds is 2. The Balaban J connectivity index is 2.57. The number of hydrogen-bond acceptors (Lipinski definition) is 5. The van der Waals surface area contributed by atoms with Gasteiger partial charge in [-0.2, -0.15) is 10.5 Å². The van der Waals surface area contributed by atoms with Gasteiger partial charge in [-0.25, -0.2) is 9.97 Å². The summed E-state index contributed by atoms with van der Waals surface area (Å²) >= 11 is 0. The topological polar surface area (TPSA) is 104 Å². The highest BCUT2D eigenvalue weighted by molar-refractivity contribution is 5.42. The van der Waals surface area contributed by atoms with Crippen molar-refractivity contribution in [3.05, 3.63) is 41.6 Å². The zero-order valence-electron chi connectivity index (χ0n) is 9.70. The second kappa shape index (κ2) is 4.66. The van der Waals surface area contributed by atoms with E-state index >= 15 is 0 Å². The number of nitrogens with zero attached hydrogens (tertiary/aromatic N) is 5. The summed E-state index contributed by atoms with van der Waals surface area (Å²) in [5.41, 5.74) is 6.95. The van der Waals surface area contributed by atoms with Crippen LogP contribution in [-0.4, -0.2) is 14.5 Å². The fourth-order valence-corrected chi connectivity index (χ4v) is 1.56. The van der Waals surface area contributed by atoms with E-state index in [0.29, 0.717) is 5.82 Å². The Labute approximate surface area is 104 Å². The van der Waals surface area contributed by atoms with Gasteiger partial charge >= 0.3 is 0 Å². The normalized spacial score (nSPS) is 11.6. The standard InChI is InChI=1S/C12H10N6/c1-8(15)9-2-3-16-12(4-9)18-7-17-10(5-13)11(18)6-14/h2-4,7-8H,15H2,1H3. The van der Waals surface area contributed by atoms with Crippen LogP contribution in [0.25, 0.3) is 5.82 Å². The van der Waals surface area contributed by atoms with Gasteiger partial charge in [-0.15, -0.1) is 0 Å².